The Kier molecular flexibility index (Phi) is 4.21. The molecule has 0 radical (unpaired) electrons. The first kappa shape index (κ1) is 16.1. The van der Waals surface area contributed by atoms with Crippen LogP contribution in [0.5, 0.6) is 0 Å². The van der Waals surface area contributed by atoms with Gasteiger partial charge in [0.2, 0.25) is 0 Å². The topological polar surface area (TPSA) is 40.5 Å². The first-order valence-corrected chi connectivity index (χ1v) is 5.14. The monoisotopic (exact) mass is 301 g/mol. The molecule has 0 atom stereocenters. The highest BCUT2D eigenvalue weighted by molar-refractivity contribution is 5.94. The fourth-order valence-corrected chi connectivity index (χ4v) is 1.57. The molecule has 1 aromatic carbocycles. The van der Waals surface area contributed by atoms with Crippen molar-refractivity contribution in [2.45, 2.75) is 12.4 Å². The molecule has 0 aromatic heterocycles. The predicted octanol–water partition coefficient (Wildman–Crippen LogP) is 3.40. The number of aromatic carboxylic acids is 1. The number of rotatable bonds is 3. The van der Waals surface area contributed by atoms with Crippen LogP contribution in [0.4, 0.5) is 32.0 Å². The molecule has 1 rings (SSSR count). The van der Waals surface area contributed by atoms with Gasteiger partial charge in [-0.25, -0.2) is 4.79 Å². The minimum Gasteiger partial charge on any atom is -0.478 e. The van der Waals surface area contributed by atoms with Crippen LogP contribution < -0.4 is 4.90 Å². The molecule has 0 saturated heterocycles. The maximum absolute atomic E-state index is 12.4. The number of hydrogen-bond donors (Lipinski definition) is 1. The van der Waals surface area contributed by atoms with Crippen molar-refractivity contribution in [2.75, 3.05) is 18.5 Å². The lowest BCUT2D eigenvalue weighted by atomic mass is 10.1. The number of carbonyl (C=O) groups is 1. The molecule has 0 unspecified atom stereocenters. The predicted molar refractivity (Wildman–Crippen MR) is 57.7 cm³/mol. The van der Waals surface area contributed by atoms with Gasteiger partial charge in [0.15, 0.2) is 0 Å². The average molecular weight is 301 g/mol. The highest BCUT2D eigenvalue weighted by atomic mass is 19.4. The summed E-state index contributed by atoms with van der Waals surface area (Å²) in [5.41, 5.74) is -2.52. The van der Waals surface area contributed by atoms with Crippen molar-refractivity contribution >= 4 is 11.7 Å². The number of alkyl halides is 6. The summed E-state index contributed by atoms with van der Waals surface area (Å²) in [5, 5.41) is 8.83. The Hall–Kier alpha value is -1.93. The number of carboxylic acid groups (broad SMARTS) is 1. The van der Waals surface area contributed by atoms with Gasteiger partial charge in [-0.3, -0.25) is 0 Å². The SMILES string of the molecule is CN(CC(F)(F)F)c1ccc(C(F)(F)F)cc1C(=O)O. The molecule has 112 valence electrons. The van der Waals surface area contributed by atoms with Crippen LogP contribution in [0.3, 0.4) is 0 Å². The van der Waals surface area contributed by atoms with E-state index in [2.05, 4.69) is 0 Å². The molecule has 0 heterocycles. The summed E-state index contributed by atoms with van der Waals surface area (Å²) in [6.45, 7) is -1.47. The molecule has 3 nitrogen and oxygen atoms in total. The van der Waals surface area contributed by atoms with Crippen LogP contribution in [0.25, 0.3) is 0 Å². The van der Waals surface area contributed by atoms with Gasteiger partial charge in [0, 0.05) is 7.05 Å². The Morgan fingerprint density at radius 2 is 1.75 bits per heavy atom. The van der Waals surface area contributed by atoms with E-state index in [4.69, 9.17) is 5.11 Å². The van der Waals surface area contributed by atoms with Crippen LogP contribution in [0, 0.1) is 0 Å². The van der Waals surface area contributed by atoms with E-state index >= 15 is 0 Å². The first-order valence-electron chi connectivity index (χ1n) is 5.14. The lowest BCUT2D eigenvalue weighted by Gasteiger charge is -2.23. The van der Waals surface area contributed by atoms with E-state index in [1.54, 1.807) is 0 Å². The molecule has 0 bridgehead atoms. The number of hydrogen-bond acceptors (Lipinski definition) is 2. The van der Waals surface area contributed by atoms with Crippen molar-refractivity contribution in [1.82, 2.24) is 0 Å². The molecule has 0 spiro atoms. The summed E-state index contributed by atoms with van der Waals surface area (Å²) in [6.07, 6.45) is -9.38. The van der Waals surface area contributed by atoms with Crippen LogP contribution in [-0.2, 0) is 6.18 Å². The first-order chi connectivity index (χ1) is 8.92. The van der Waals surface area contributed by atoms with Crippen molar-refractivity contribution in [3.63, 3.8) is 0 Å². The molecule has 0 amide bonds. The van der Waals surface area contributed by atoms with E-state index in [-0.39, 0.29) is 0 Å². The fourth-order valence-electron chi connectivity index (χ4n) is 1.57. The molecule has 0 aliphatic carbocycles. The maximum atomic E-state index is 12.4. The highest BCUT2D eigenvalue weighted by Gasteiger charge is 2.34. The van der Waals surface area contributed by atoms with Crippen molar-refractivity contribution in [3.8, 4) is 0 Å². The Morgan fingerprint density at radius 3 is 2.15 bits per heavy atom. The Morgan fingerprint density at radius 1 is 1.20 bits per heavy atom. The minimum absolute atomic E-state index is 0.310. The number of anilines is 1. The zero-order valence-electron chi connectivity index (χ0n) is 10.0. The Bertz CT molecular complexity index is 509. The Balaban J connectivity index is 3.24. The second-order valence-corrected chi connectivity index (χ2v) is 4.01. The van der Waals surface area contributed by atoms with E-state index in [0.717, 1.165) is 7.05 Å². The highest BCUT2D eigenvalue weighted by Crippen LogP contribution is 2.33. The van der Waals surface area contributed by atoms with Gasteiger partial charge in [-0.1, -0.05) is 0 Å². The van der Waals surface area contributed by atoms with E-state index in [1.807, 2.05) is 0 Å². The zero-order valence-corrected chi connectivity index (χ0v) is 10.0. The van der Waals surface area contributed by atoms with Crippen LogP contribution in [0.2, 0.25) is 0 Å². The molecule has 0 aliphatic rings. The second-order valence-electron chi connectivity index (χ2n) is 4.01. The van der Waals surface area contributed by atoms with Gasteiger partial charge in [-0.05, 0) is 18.2 Å². The molecule has 20 heavy (non-hydrogen) atoms. The molecule has 9 heteroatoms. The standard InChI is InChI=1S/C11H9F6NO2/c1-18(5-10(12,13)14)8-3-2-6(11(15,16)17)4-7(8)9(19)20/h2-4H,5H2,1H3,(H,19,20). The molecule has 0 saturated carbocycles. The van der Waals surface area contributed by atoms with Crippen molar-refractivity contribution in [2.24, 2.45) is 0 Å². The van der Waals surface area contributed by atoms with Crippen LogP contribution >= 0.6 is 0 Å². The van der Waals surface area contributed by atoms with Crippen molar-refractivity contribution in [3.05, 3.63) is 29.3 Å². The van der Waals surface area contributed by atoms with Crippen LogP contribution in [0.15, 0.2) is 18.2 Å². The summed E-state index contributed by atoms with van der Waals surface area (Å²) in [4.78, 5) is 11.4. The molecular formula is C11H9F6NO2. The van der Waals surface area contributed by atoms with Gasteiger partial charge < -0.3 is 10.0 Å². The van der Waals surface area contributed by atoms with Gasteiger partial charge in [0.1, 0.15) is 6.54 Å². The summed E-state index contributed by atoms with van der Waals surface area (Å²) in [7, 11) is 0.947. The summed E-state index contributed by atoms with van der Waals surface area (Å²) in [5.74, 6) is -1.74. The third-order valence-electron chi connectivity index (χ3n) is 2.38. The van der Waals surface area contributed by atoms with E-state index < -0.39 is 41.7 Å². The number of carboxylic acids is 1. The maximum Gasteiger partial charge on any atom is 0.416 e. The fraction of sp³-hybridized carbons (Fsp3) is 0.364. The smallest absolute Gasteiger partial charge is 0.416 e. The third-order valence-corrected chi connectivity index (χ3v) is 2.38. The van der Waals surface area contributed by atoms with Gasteiger partial charge in [0.25, 0.3) is 0 Å². The van der Waals surface area contributed by atoms with Crippen LogP contribution in [0.1, 0.15) is 15.9 Å². The summed E-state index contributed by atoms with van der Waals surface area (Å²) >= 11 is 0. The molecular weight excluding hydrogens is 292 g/mol. The molecule has 0 aliphatic heterocycles. The van der Waals surface area contributed by atoms with Gasteiger partial charge >= 0.3 is 18.3 Å². The van der Waals surface area contributed by atoms with Crippen LogP contribution in [-0.4, -0.2) is 30.8 Å². The number of halogens is 6. The zero-order chi connectivity index (χ0) is 15.7. The molecule has 1 aromatic rings. The average Bonchev–Trinajstić information content (AvgIpc) is 2.24. The largest absolute Gasteiger partial charge is 0.478 e. The quantitative estimate of drug-likeness (QED) is 0.870. The van der Waals surface area contributed by atoms with E-state index in [9.17, 15) is 31.1 Å². The number of benzene rings is 1. The van der Waals surface area contributed by atoms with Gasteiger partial charge in [-0.2, -0.15) is 26.3 Å². The summed E-state index contributed by atoms with van der Waals surface area (Å²) in [6, 6.07) is 1.55. The third kappa shape index (κ3) is 4.04. The second kappa shape index (κ2) is 5.22. The van der Waals surface area contributed by atoms with Gasteiger partial charge in [0.05, 0.1) is 16.8 Å². The van der Waals surface area contributed by atoms with E-state index in [0.29, 0.717) is 23.1 Å². The number of nitrogens with zero attached hydrogens (tertiary/aromatic N) is 1. The van der Waals surface area contributed by atoms with E-state index in [1.165, 1.54) is 0 Å². The summed E-state index contributed by atoms with van der Waals surface area (Å²) < 4.78 is 74.0. The minimum atomic E-state index is -4.77. The van der Waals surface area contributed by atoms with Gasteiger partial charge in [-0.15, -0.1) is 0 Å². The Labute approximate surface area is 109 Å². The molecule has 1 N–H and O–H groups in total. The normalized spacial score (nSPS) is 12.3. The van der Waals surface area contributed by atoms with Crippen molar-refractivity contribution < 1.29 is 36.2 Å². The lowest BCUT2D eigenvalue weighted by molar-refractivity contribution is -0.137. The van der Waals surface area contributed by atoms with Crippen molar-refractivity contribution in [1.29, 1.82) is 0 Å². The molecule has 0 fully saturated rings. The lowest BCUT2D eigenvalue weighted by Crippen LogP contribution is -2.32.